The number of fused-ring (bicyclic) bond motifs is 1. The molecule has 176 valence electrons. The highest BCUT2D eigenvalue weighted by molar-refractivity contribution is 6.31. The summed E-state index contributed by atoms with van der Waals surface area (Å²) < 4.78 is 17.2. The molecule has 0 spiro atoms. The minimum atomic E-state index is -0.406. The molecule has 9 heteroatoms. The summed E-state index contributed by atoms with van der Waals surface area (Å²) in [5.74, 6) is -0.355. The molecule has 0 fully saturated rings. The van der Waals surface area contributed by atoms with E-state index >= 15 is 0 Å². The zero-order chi connectivity index (χ0) is 24.5. The number of rotatable bonds is 6. The summed E-state index contributed by atoms with van der Waals surface area (Å²) in [6.07, 6.45) is 3.38. The first-order valence-electron chi connectivity index (χ1n) is 11.0. The molecule has 0 atom stereocenters. The third kappa shape index (κ3) is 4.65. The summed E-state index contributed by atoms with van der Waals surface area (Å²) in [7, 11) is 0. The molecule has 0 saturated carbocycles. The van der Waals surface area contributed by atoms with Crippen LogP contribution in [0, 0.1) is 19.7 Å². The van der Waals surface area contributed by atoms with E-state index in [1.165, 1.54) is 16.3 Å². The zero-order valence-electron chi connectivity index (χ0n) is 19.2. The molecule has 7 nitrogen and oxygen atoms in total. The Kier molecular flexibility index (Phi) is 6.05. The van der Waals surface area contributed by atoms with Crippen LogP contribution in [0.1, 0.15) is 16.8 Å². The van der Waals surface area contributed by atoms with Crippen molar-refractivity contribution in [2.45, 2.75) is 26.9 Å². The minimum Gasteiger partial charge on any atom is -0.308 e. The molecule has 3 aromatic heterocycles. The van der Waals surface area contributed by atoms with E-state index in [1.54, 1.807) is 35.3 Å². The van der Waals surface area contributed by atoms with Gasteiger partial charge in [0.15, 0.2) is 11.5 Å². The smallest absolute Gasteiger partial charge is 0.247 e. The molecule has 0 aliphatic carbocycles. The van der Waals surface area contributed by atoms with Crippen LogP contribution in [0.3, 0.4) is 0 Å². The molecule has 3 heterocycles. The zero-order valence-corrected chi connectivity index (χ0v) is 19.9. The van der Waals surface area contributed by atoms with Crippen molar-refractivity contribution in [3.8, 4) is 11.1 Å². The maximum atomic E-state index is 14.1. The Labute approximate surface area is 206 Å². The Balaban J connectivity index is 1.34. The second-order valence-electron chi connectivity index (χ2n) is 8.31. The molecule has 1 N–H and O–H groups in total. The van der Waals surface area contributed by atoms with Crippen molar-refractivity contribution in [2.24, 2.45) is 0 Å². The van der Waals surface area contributed by atoms with Crippen molar-refractivity contribution in [2.75, 3.05) is 5.32 Å². The summed E-state index contributed by atoms with van der Waals surface area (Å²) in [4.78, 5) is 17.3. The van der Waals surface area contributed by atoms with Gasteiger partial charge in [-0.05, 0) is 43.2 Å². The predicted molar refractivity (Wildman–Crippen MR) is 134 cm³/mol. The van der Waals surface area contributed by atoms with Crippen molar-refractivity contribution in [3.63, 3.8) is 0 Å². The Morgan fingerprint density at radius 2 is 1.86 bits per heavy atom. The van der Waals surface area contributed by atoms with Crippen molar-refractivity contribution in [1.82, 2.24) is 24.5 Å². The number of hydrogen-bond donors (Lipinski definition) is 1. The maximum absolute atomic E-state index is 14.1. The van der Waals surface area contributed by atoms with E-state index in [0.29, 0.717) is 22.1 Å². The number of nitrogens with one attached hydrogen (secondary N) is 1. The van der Waals surface area contributed by atoms with E-state index < -0.39 is 5.82 Å². The van der Waals surface area contributed by atoms with Gasteiger partial charge in [-0.1, -0.05) is 47.5 Å². The van der Waals surface area contributed by atoms with E-state index in [-0.39, 0.29) is 19.0 Å². The first kappa shape index (κ1) is 22.7. The summed E-state index contributed by atoms with van der Waals surface area (Å²) >= 11 is 6.10. The quantitative estimate of drug-likeness (QED) is 0.347. The molecule has 0 saturated heterocycles. The van der Waals surface area contributed by atoms with Gasteiger partial charge in [-0.25, -0.2) is 14.1 Å². The van der Waals surface area contributed by atoms with Crippen LogP contribution in [-0.4, -0.2) is 30.5 Å². The Morgan fingerprint density at radius 1 is 1.06 bits per heavy atom. The number of benzene rings is 2. The van der Waals surface area contributed by atoms with E-state index in [0.717, 1.165) is 22.2 Å². The molecule has 0 unspecified atom stereocenters. The van der Waals surface area contributed by atoms with Gasteiger partial charge in [0, 0.05) is 34.4 Å². The average molecular weight is 489 g/mol. The summed E-state index contributed by atoms with van der Waals surface area (Å²) in [6.45, 7) is 4.08. The second-order valence-corrected chi connectivity index (χ2v) is 8.72. The fraction of sp³-hybridized carbons (Fsp3) is 0.154. The van der Waals surface area contributed by atoms with Gasteiger partial charge in [-0.3, -0.25) is 9.48 Å². The van der Waals surface area contributed by atoms with E-state index in [2.05, 4.69) is 44.8 Å². The molecule has 0 aliphatic heterocycles. The largest absolute Gasteiger partial charge is 0.308 e. The molecule has 0 bridgehead atoms. The lowest BCUT2D eigenvalue weighted by atomic mass is 10.0. The van der Waals surface area contributed by atoms with Crippen LogP contribution in [0.4, 0.5) is 10.2 Å². The monoisotopic (exact) mass is 488 g/mol. The number of aromatic nitrogens is 5. The fourth-order valence-electron chi connectivity index (χ4n) is 4.05. The average Bonchev–Trinajstić information content (AvgIpc) is 3.40. The Morgan fingerprint density at radius 3 is 2.63 bits per heavy atom. The highest BCUT2D eigenvalue weighted by Crippen LogP contribution is 2.30. The predicted octanol–water partition coefficient (Wildman–Crippen LogP) is 5.39. The van der Waals surface area contributed by atoms with Crippen molar-refractivity contribution >= 4 is 34.4 Å². The van der Waals surface area contributed by atoms with Crippen LogP contribution in [0.25, 0.3) is 22.2 Å². The number of halogens is 2. The number of aryl methyl sites for hydroxylation is 2. The van der Waals surface area contributed by atoms with Gasteiger partial charge in [0.25, 0.3) is 0 Å². The van der Waals surface area contributed by atoms with E-state index in [4.69, 9.17) is 11.6 Å². The molecule has 2 aromatic carbocycles. The minimum absolute atomic E-state index is 0.0271. The molecule has 0 radical (unpaired) electrons. The lowest BCUT2D eigenvalue weighted by molar-refractivity contribution is -0.116. The molecule has 5 rings (SSSR count). The molecular weight excluding hydrogens is 467 g/mol. The van der Waals surface area contributed by atoms with Gasteiger partial charge < -0.3 is 5.32 Å². The number of carbonyl (C=O) groups is 1. The highest BCUT2D eigenvalue weighted by Gasteiger charge is 2.17. The van der Waals surface area contributed by atoms with Crippen LogP contribution in [0.15, 0.2) is 67.0 Å². The lowest BCUT2D eigenvalue weighted by Crippen LogP contribution is -2.20. The van der Waals surface area contributed by atoms with E-state index in [9.17, 15) is 9.18 Å². The normalized spacial score (nSPS) is 11.2. The van der Waals surface area contributed by atoms with Gasteiger partial charge >= 0.3 is 0 Å². The first-order chi connectivity index (χ1) is 16.9. The summed E-state index contributed by atoms with van der Waals surface area (Å²) in [6, 6.07) is 16.4. The van der Waals surface area contributed by atoms with Gasteiger partial charge in [0.2, 0.25) is 5.91 Å². The van der Waals surface area contributed by atoms with Crippen molar-refractivity contribution in [1.29, 1.82) is 0 Å². The number of amides is 1. The Bertz CT molecular complexity index is 1520. The highest BCUT2D eigenvalue weighted by atomic mass is 35.5. The number of nitrogens with zero attached hydrogens (tertiary/aromatic N) is 5. The first-order valence-corrected chi connectivity index (χ1v) is 11.4. The van der Waals surface area contributed by atoms with Crippen LogP contribution in [-0.2, 0) is 17.9 Å². The number of pyridine rings is 1. The number of anilines is 1. The molecule has 0 aliphatic rings. The molecular formula is C26H22ClFN6O. The topological polar surface area (TPSA) is 77.6 Å². The fourth-order valence-corrected chi connectivity index (χ4v) is 4.27. The van der Waals surface area contributed by atoms with Crippen LogP contribution in [0.2, 0.25) is 5.02 Å². The number of carbonyl (C=O) groups excluding carboxylic acids is 1. The SMILES string of the molecule is Cc1ccc(-c2ccnc3c2c(C)nn3CC(=O)Nc2ccn(Cc3c(F)cccc3Cl)n2)cc1. The van der Waals surface area contributed by atoms with E-state index in [1.807, 2.05) is 19.9 Å². The Hall–Kier alpha value is -4.04. The molecule has 1 amide bonds. The van der Waals surface area contributed by atoms with Gasteiger partial charge in [-0.2, -0.15) is 10.2 Å². The van der Waals surface area contributed by atoms with Crippen LogP contribution >= 0.6 is 11.6 Å². The van der Waals surface area contributed by atoms with Crippen molar-refractivity contribution in [3.05, 3.63) is 94.7 Å². The molecule has 5 aromatic rings. The standard InChI is InChI=1S/C26H22ClFN6O/c1-16-6-8-18(9-7-16)19-10-12-29-26-25(19)17(2)31-34(26)15-24(35)30-23-11-13-33(32-23)14-20-21(27)4-3-5-22(20)28/h3-13H,14-15H2,1-2H3,(H,30,32,35). The van der Waals surface area contributed by atoms with Crippen LogP contribution in [0.5, 0.6) is 0 Å². The van der Waals surface area contributed by atoms with Gasteiger partial charge in [0.1, 0.15) is 12.4 Å². The summed E-state index contributed by atoms with van der Waals surface area (Å²) in [5.41, 5.74) is 5.03. The van der Waals surface area contributed by atoms with Gasteiger partial charge in [0.05, 0.1) is 12.2 Å². The van der Waals surface area contributed by atoms with Gasteiger partial charge in [-0.15, -0.1) is 0 Å². The van der Waals surface area contributed by atoms with Crippen LogP contribution < -0.4 is 5.32 Å². The third-order valence-corrected chi connectivity index (χ3v) is 6.11. The third-order valence-electron chi connectivity index (χ3n) is 5.75. The number of hydrogen-bond acceptors (Lipinski definition) is 4. The molecule has 35 heavy (non-hydrogen) atoms. The maximum Gasteiger partial charge on any atom is 0.247 e. The second kappa shape index (κ2) is 9.31. The van der Waals surface area contributed by atoms with Crippen molar-refractivity contribution < 1.29 is 9.18 Å². The summed E-state index contributed by atoms with van der Waals surface area (Å²) in [5, 5.41) is 12.9. The lowest BCUT2D eigenvalue weighted by Gasteiger charge is -2.07.